The second-order valence-electron chi connectivity index (χ2n) is 5.32. The summed E-state index contributed by atoms with van der Waals surface area (Å²) in [5.74, 6) is 1.02. The van der Waals surface area contributed by atoms with E-state index >= 15 is 0 Å². The molecule has 3 rings (SSSR count). The minimum atomic E-state index is -0.107. The highest BCUT2D eigenvalue weighted by atomic mass is 16.1. The first-order valence-electron chi connectivity index (χ1n) is 7.36. The highest BCUT2D eigenvalue weighted by molar-refractivity contribution is 6.03. The van der Waals surface area contributed by atoms with Gasteiger partial charge in [-0.15, -0.1) is 0 Å². The van der Waals surface area contributed by atoms with Gasteiger partial charge in [-0.1, -0.05) is 18.2 Å². The van der Waals surface area contributed by atoms with Gasteiger partial charge in [0, 0.05) is 11.8 Å². The van der Waals surface area contributed by atoms with Crippen LogP contribution >= 0.6 is 0 Å². The number of hydrogen-bond acceptors (Lipinski definition) is 3. The molecule has 0 bridgehead atoms. The Labute approximate surface area is 124 Å². The summed E-state index contributed by atoms with van der Waals surface area (Å²) in [4.78, 5) is 16.4. The van der Waals surface area contributed by atoms with Crippen LogP contribution in [0.4, 0.5) is 5.82 Å². The third-order valence-electron chi connectivity index (χ3n) is 3.87. The minimum Gasteiger partial charge on any atom is -0.317 e. The van der Waals surface area contributed by atoms with E-state index in [0.29, 0.717) is 17.3 Å². The van der Waals surface area contributed by atoms with Gasteiger partial charge in [0.25, 0.3) is 5.91 Å². The van der Waals surface area contributed by atoms with Crippen molar-refractivity contribution in [3.05, 3.63) is 59.8 Å². The molecule has 21 heavy (non-hydrogen) atoms. The molecule has 108 valence electrons. The maximum absolute atomic E-state index is 12.3. The van der Waals surface area contributed by atoms with Crippen LogP contribution in [-0.4, -0.2) is 24.0 Å². The Morgan fingerprint density at radius 1 is 1.14 bits per heavy atom. The largest absolute Gasteiger partial charge is 0.317 e. The molecule has 1 amide bonds. The fourth-order valence-electron chi connectivity index (χ4n) is 2.71. The molecule has 1 aromatic heterocycles. The molecule has 1 aromatic carbocycles. The van der Waals surface area contributed by atoms with Crippen LogP contribution in [0.5, 0.6) is 0 Å². The highest BCUT2D eigenvalue weighted by Crippen LogP contribution is 2.25. The van der Waals surface area contributed by atoms with Gasteiger partial charge >= 0.3 is 0 Å². The number of rotatable bonds is 3. The molecular weight excluding hydrogens is 262 g/mol. The van der Waals surface area contributed by atoms with E-state index in [1.807, 2.05) is 30.3 Å². The second-order valence-corrected chi connectivity index (χ2v) is 5.32. The maximum atomic E-state index is 12.3. The average molecular weight is 281 g/mol. The van der Waals surface area contributed by atoms with Crippen LogP contribution in [0.25, 0.3) is 0 Å². The van der Waals surface area contributed by atoms with E-state index in [1.54, 1.807) is 12.3 Å². The third kappa shape index (κ3) is 3.47. The van der Waals surface area contributed by atoms with Crippen LogP contribution in [-0.2, 0) is 0 Å². The van der Waals surface area contributed by atoms with Crippen molar-refractivity contribution in [2.24, 2.45) is 0 Å². The topological polar surface area (TPSA) is 54.0 Å². The Bertz CT molecular complexity index is 606. The zero-order valence-corrected chi connectivity index (χ0v) is 11.9. The summed E-state index contributed by atoms with van der Waals surface area (Å²) in [6.45, 7) is 2.10. The zero-order chi connectivity index (χ0) is 14.5. The molecule has 1 aliphatic rings. The fraction of sp³-hybridized carbons (Fsp3) is 0.294. The van der Waals surface area contributed by atoms with Gasteiger partial charge in [0.05, 0.1) is 0 Å². The fourth-order valence-corrected chi connectivity index (χ4v) is 2.71. The van der Waals surface area contributed by atoms with E-state index in [1.165, 1.54) is 5.56 Å². The smallest absolute Gasteiger partial charge is 0.256 e. The molecule has 0 unspecified atom stereocenters. The van der Waals surface area contributed by atoms with E-state index in [4.69, 9.17) is 0 Å². The summed E-state index contributed by atoms with van der Waals surface area (Å²) in [6.07, 6.45) is 3.93. The molecule has 1 saturated heterocycles. The summed E-state index contributed by atoms with van der Waals surface area (Å²) in [5.41, 5.74) is 1.95. The van der Waals surface area contributed by atoms with Crippen molar-refractivity contribution in [2.75, 3.05) is 18.4 Å². The lowest BCUT2D eigenvalue weighted by Gasteiger charge is -2.23. The lowest BCUT2D eigenvalue weighted by molar-refractivity contribution is 0.102. The number of piperidine rings is 1. The lowest BCUT2D eigenvalue weighted by Crippen LogP contribution is -2.26. The zero-order valence-electron chi connectivity index (χ0n) is 11.9. The Morgan fingerprint density at radius 2 is 2.00 bits per heavy atom. The quantitative estimate of drug-likeness (QED) is 0.909. The van der Waals surface area contributed by atoms with Gasteiger partial charge in [0.2, 0.25) is 0 Å². The average Bonchev–Trinajstić information content (AvgIpc) is 2.57. The molecule has 0 aliphatic carbocycles. The van der Waals surface area contributed by atoms with Crippen molar-refractivity contribution in [2.45, 2.75) is 18.8 Å². The summed E-state index contributed by atoms with van der Waals surface area (Å²) >= 11 is 0. The van der Waals surface area contributed by atoms with E-state index in [2.05, 4.69) is 21.7 Å². The number of hydrogen-bond donors (Lipinski definition) is 2. The molecule has 2 heterocycles. The van der Waals surface area contributed by atoms with Crippen molar-refractivity contribution in [1.82, 2.24) is 10.3 Å². The second kappa shape index (κ2) is 6.50. The van der Waals surface area contributed by atoms with Gasteiger partial charge in [-0.25, -0.2) is 4.98 Å². The van der Waals surface area contributed by atoms with Gasteiger partial charge in [-0.3, -0.25) is 4.79 Å². The number of pyridine rings is 1. The van der Waals surface area contributed by atoms with Gasteiger partial charge in [0.15, 0.2) is 0 Å². The van der Waals surface area contributed by atoms with Crippen molar-refractivity contribution >= 4 is 11.7 Å². The van der Waals surface area contributed by atoms with E-state index in [9.17, 15) is 4.79 Å². The van der Waals surface area contributed by atoms with Gasteiger partial charge in [-0.05, 0) is 61.7 Å². The number of aromatic nitrogens is 1. The molecule has 1 fully saturated rings. The summed E-state index contributed by atoms with van der Waals surface area (Å²) in [7, 11) is 0. The number of nitrogens with one attached hydrogen (secondary N) is 2. The molecule has 4 heteroatoms. The predicted molar refractivity (Wildman–Crippen MR) is 83.5 cm³/mol. The van der Waals surface area contributed by atoms with Crippen LogP contribution in [0.3, 0.4) is 0 Å². The number of nitrogens with zero attached hydrogens (tertiary/aromatic N) is 1. The van der Waals surface area contributed by atoms with E-state index in [-0.39, 0.29) is 5.91 Å². The minimum absolute atomic E-state index is 0.107. The van der Waals surface area contributed by atoms with Gasteiger partial charge < -0.3 is 10.6 Å². The summed E-state index contributed by atoms with van der Waals surface area (Å²) < 4.78 is 0. The Kier molecular flexibility index (Phi) is 4.26. The van der Waals surface area contributed by atoms with Crippen LogP contribution < -0.4 is 10.6 Å². The number of benzene rings is 1. The molecular formula is C17H19N3O. The highest BCUT2D eigenvalue weighted by Gasteiger charge is 2.16. The van der Waals surface area contributed by atoms with Crippen molar-refractivity contribution < 1.29 is 4.79 Å². The van der Waals surface area contributed by atoms with E-state index < -0.39 is 0 Å². The van der Waals surface area contributed by atoms with Crippen molar-refractivity contribution in [3.8, 4) is 0 Å². The Morgan fingerprint density at radius 3 is 2.76 bits per heavy atom. The molecule has 0 radical (unpaired) electrons. The number of anilines is 1. The Balaban J connectivity index is 1.74. The maximum Gasteiger partial charge on any atom is 0.256 e. The van der Waals surface area contributed by atoms with Gasteiger partial charge in [0.1, 0.15) is 5.82 Å². The molecule has 4 nitrogen and oxygen atoms in total. The monoisotopic (exact) mass is 281 g/mol. The summed E-state index contributed by atoms with van der Waals surface area (Å²) in [6, 6.07) is 13.4. The molecule has 2 N–H and O–H groups in total. The molecule has 1 aliphatic heterocycles. The van der Waals surface area contributed by atoms with Crippen LogP contribution in [0.15, 0.2) is 48.7 Å². The van der Waals surface area contributed by atoms with E-state index in [0.717, 1.165) is 25.9 Å². The van der Waals surface area contributed by atoms with Crippen molar-refractivity contribution in [3.63, 3.8) is 0 Å². The number of carbonyl (C=O) groups excluding carboxylic acids is 1. The number of amides is 1. The first-order valence-corrected chi connectivity index (χ1v) is 7.36. The van der Waals surface area contributed by atoms with Crippen molar-refractivity contribution in [1.29, 1.82) is 0 Å². The normalized spacial score (nSPS) is 15.6. The first-order chi connectivity index (χ1) is 10.3. The van der Waals surface area contributed by atoms with Crippen LogP contribution in [0.1, 0.15) is 34.7 Å². The SMILES string of the molecule is O=C(Nc1ccccn1)c1cccc(C2CCNCC2)c1. The molecule has 0 saturated carbocycles. The first kappa shape index (κ1) is 13.8. The lowest BCUT2D eigenvalue weighted by atomic mass is 9.89. The third-order valence-corrected chi connectivity index (χ3v) is 3.87. The molecule has 0 atom stereocenters. The van der Waals surface area contributed by atoms with Crippen LogP contribution in [0.2, 0.25) is 0 Å². The predicted octanol–water partition coefficient (Wildman–Crippen LogP) is 2.80. The number of carbonyl (C=O) groups is 1. The molecule has 2 aromatic rings. The van der Waals surface area contributed by atoms with Gasteiger partial charge in [-0.2, -0.15) is 0 Å². The standard InChI is InChI=1S/C17H19N3O/c21-17(20-16-6-1-2-9-19-16)15-5-3-4-14(12-15)13-7-10-18-11-8-13/h1-6,9,12-13,18H,7-8,10-11H2,(H,19,20,21). The Hall–Kier alpha value is -2.20. The van der Waals surface area contributed by atoms with Crippen LogP contribution in [0, 0.1) is 0 Å². The molecule has 0 spiro atoms. The summed E-state index contributed by atoms with van der Waals surface area (Å²) in [5, 5.41) is 6.19.